The number of rotatable bonds is 1. The predicted octanol–water partition coefficient (Wildman–Crippen LogP) is 1.18. The predicted molar refractivity (Wildman–Crippen MR) is 64.4 cm³/mol. The van der Waals surface area contributed by atoms with E-state index in [1.807, 2.05) is 0 Å². The number of carboxylic acid groups (broad SMARTS) is 1. The number of phenolic OH excluding ortho intramolecular Hbond substituents is 1. The molecule has 98 valence electrons. The number of carboxylic acids is 1. The third kappa shape index (κ3) is 1.61. The van der Waals surface area contributed by atoms with Crippen LogP contribution in [0.15, 0.2) is 21.3 Å². The second kappa shape index (κ2) is 3.83. The van der Waals surface area contributed by atoms with Crippen LogP contribution < -0.4 is 5.43 Å². The van der Waals surface area contributed by atoms with Crippen molar-refractivity contribution in [2.75, 3.05) is 0 Å². The number of aromatic hydroxyl groups is 1. The monoisotopic (exact) mass is 262 g/mol. The first kappa shape index (κ1) is 11.7. The largest absolute Gasteiger partial charge is 0.507 e. The van der Waals surface area contributed by atoms with Crippen molar-refractivity contribution < 1.29 is 24.5 Å². The Hall–Kier alpha value is -2.34. The number of hydrogen-bond acceptors (Lipinski definition) is 5. The van der Waals surface area contributed by atoms with Gasteiger partial charge in [0.1, 0.15) is 22.5 Å². The molecule has 0 radical (unpaired) electrons. The van der Waals surface area contributed by atoms with Gasteiger partial charge in [-0.25, -0.2) is 4.79 Å². The van der Waals surface area contributed by atoms with Gasteiger partial charge in [0, 0.05) is 6.42 Å². The Bertz CT molecular complexity index is 758. The topological polar surface area (TPSA) is 108 Å². The second-order valence-corrected chi connectivity index (χ2v) is 4.50. The Labute approximate surface area is 106 Å². The van der Waals surface area contributed by atoms with Crippen molar-refractivity contribution in [3.63, 3.8) is 0 Å². The molecule has 3 N–H and O–H groups in total. The van der Waals surface area contributed by atoms with Crippen molar-refractivity contribution in [3.8, 4) is 5.75 Å². The van der Waals surface area contributed by atoms with Gasteiger partial charge in [0.25, 0.3) is 0 Å². The quantitative estimate of drug-likeness (QED) is 0.712. The minimum atomic E-state index is -1.22. The molecule has 0 amide bonds. The maximum Gasteiger partial charge on any atom is 0.335 e. The Kier molecular flexibility index (Phi) is 2.36. The summed E-state index contributed by atoms with van der Waals surface area (Å²) in [6.45, 7) is 0. The van der Waals surface area contributed by atoms with Gasteiger partial charge in [0.15, 0.2) is 0 Å². The van der Waals surface area contributed by atoms with Gasteiger partial charge < -0.3 is 19.7 Å². The molecule has 1 aromatic heterocycles. The van der Waals surface area contributed by atoms with Crippen LogP contribution in [0.1, 0.15) is 34.2 Å². The molecule has 6 nitrogen and oxygen atoms in total. The molecular formula is C13H10O6. The first-order valence-corrected chi connectivity index (χ1v) is 5.73. The first-order valence-electron chi connectivity index (χ1n) is 5.73. The fourth-order valence-corrected chi connectivity index (χ4v) is 2.42. The van der Waals surface area contributed by atoms with E-state index >= 15 is 0 Å². The number of phenols is 1. The lowest BCUT2D eigenvalue weighted by Gasteiger charge is -2.07. The van der Waals surface area contributed by atoms with Crippen LogP contribution in [0.3, 0.4) is 0 Å². The van der Waals surface area contributed by atoms with Gasteiger partial charge in [-0.05, 0) is 18.6 Å². The number of fused-ring (bicyclic) bond motifs is 2. The molecule has 1 aliphatic carbocycles. The van der Waals surface area contributed by atoms with E-state index in [0.29, 0.717) is 18.6 Å². The van der Waals surface area contributed by atoms with Gasteiger partial charge >= 0.3 is 5.97 Å². The highest BCUT2D eigenvalue weighted by molar-refractivity contribution is 5.95. The molecule has 2 aromatic rings. The fraction of sp³-hybridized carbons (Fsp3) is 0.231. The smallest absolute Gasteiger partial charge is 0.335 e. The zero-order chi connectivity index (χ0) is 13.7. The minimum absolute atomic E-state index is 0.0234. The van der Waals surface area contributed by atoms with Crippen LogP contribution in [-0.2, 0) is 6.42 Å². The molecule has 19 heavy (non-hydrogen) atoms. The van der Waals surface area contributed by atoms with Crippen molar-refractivity contribution in [2.45, 2.75) is 18.9 Å². The second-order valence-electron chi connectivity index (χ2n) is 4.50. The van der Waals surface area contributed by atoms with E-state index in [2.05, 4.69) is 0 Å². The number of aliphatic hydroxyl groups is 1. The Morgan fingerprint density at radius 3 is 2.79 bits per heavy atom. The molecule has 1 aromatic carbocycles. The highest BCUT2D eigenvalue weighted by Gasteiger charge is 2.28. The van der Waals surface area contributed by atoms with Gasteiger partial charge in [-0.1, -0.05) is 0 Å². The van der Waals surface area contributed by atoms with Gasteiger partial charge in [-0.3, -0.25) is 4.79 Å². The summed E-state index contributed by atoms with van der Waals surface area (Å²) in [7, 11) is 0. The van der Waals surface area contributed by atoms with E-state index in [0.717, 1.165) is 6.07 Å². The standard InChI is InChI=1S/C13H10O6/c14-6-1-2-8-10(6)12(16)11-7(15)3-5(13(17)18)4-9(11)19-8/h3-4,6,14-15H,1-2H2,(H,17,18). The molecular weight excluding hydrogens is 252 g/mol. The van der Waals surface area contributed by atoms with Crippen LogP contribution in [0.2, 0.25) is 0 Å². The zero-order valence-electron chi connectivity index (χ0n) is 9.71. The van der Waals surface area contributed by atoms with Crippen LogP contribution >= 0.6 is 0 Å². The number of aryl methyl sites for hydroxylation is 1. The summed E-state index contributed by atoms with van der Waals surface area (Å²) in [5.74, 6) is -1.32. The molecule has 0 aliphatic heterocycles. The molecule has 0 saturated heterocycles. The van der Waals surface area contributed by atoms with E-state index in [1.54, 1.807) is 0 Å². The first-order chi connectivity index (χ1) is 8.99. The van der Waals surface area contributed by atoms with E-state index in [-0.39, 0.29) is 22.1 Å². The average molecular weight is 262 g/mol. The van der Waals surface area contributed by atoms with Gasteiger partial charge in [0.05, 0.1) is 17.2 Å². The molecule has 6 heteroatoms. The van der Waals surface area contributed by atoms with Crippen LogP contribution in [0.25, 0.3) is 11.0 Å². The number of hydrogen-bond donors (Lipinski definition) is 3. The molecule has 0 saturated carbocycles. The normalized spacial score (nSPS) is 17.6. The van der Waals surface area contributed by atoms with Crippen molar-refractivity contribution in [1.82, 2.24) is 0 Å². The lowest BCUT2D eigenvalue weighted by Crippen LogP contribution is -2.12. The van der Waals surface area contributed by atoms with Crippen LogP contribution in [0.4, 0.5) is 0 Å². The van der Waals surface area contributed by atoms with Crippen molar-refractivity contribution in [3.05, 3.63) is 39.2 Å². The summed E-state index contributed by atoms with van der Waals surface area (Å²) in [5.41, 5.74) is -0.483. The summed E-state index contributed by atoms with van der Waals surface area (Å²) >= 11 is 0. The summed E-state index contributed by atoms with van der Waals surface area (Å²) in [6, 6.07) is 2.19. The van der Waals surface area contributed by atoms with Gasteiger partial charge in [-0.2, -0.15) is 0 Å². The third-order valence-corrected chi connectivity index (χ3v) is 3.31. The molecule has 1 heterocycles. The molecule has 1 aliphatic rings. The average Bonchev–Trinajstić information content (AvgIpc) is 2.70. The summed E-state index contributed by atoms with van der Waals surface area (Å²) in [6.07, 6.45) is -0.0920. The molecule has 0 spiro atoms. The lowest BCUT2D eigenvalue weighted by atomic mass is 10.1. The molecule has 0 bridgehead atoms. The van der Waals surface area contributed by atoms with Crippen molar-refractivity contribution in [1.29, 1.82) is 0 Å². The maximum absolute atomic E-state index is 12.2. The SMILES string of the molecule is O=C(O)c1cc(O)c2c(=O)c3c(oc2c1)CCC3O. The summed E-state index contributed by atoms with van der Waals surface area (Å²) in [4.78, 5) is 23.1. The minimum Gasteiger partial charge on any atom is -0.507 e. The van der Waals surface area contributed by atoms with E-state index in [1.165, 1.54) is 6.07 Å². The molecule has 3 rings (SSSR count). The van der Waals surface area contributed by atoms with Gasteiger partial charge in [-0.15, -0.1) is 0 Å². The van der Waals surface area contributed by atoms with Crippen molar-refractivity contribution in [2.24, 2.45) is 0 Å². The number of aliphatic hydroxyl groups excluding tert-OH is 1. The highest BCUT2D eigenvalue weighted by atomic mass is 16.4. The number of aromatic carboxylic acids is 1. The molecule has 1 unspecified atom stereocenters. The van der Waals surface area contributed by atoms with E-state index in [9.17, 15) is 19.8 Å². The third-order valence-electron chi connectivity index (χ3n) is 3.31. The maximum atomic E-state index is 12.2. The van der Waals surface area contributed by atoms with Crippen LogP contribution in [0, 0.1) is 0 Å². The fourth-order valence-electron chi connectivity index (χ4n) is 2.42. The number of carbonyl (C=O) groups is 1. The van der Waals surface area contributed by atoms with Crippen LogP contribution in [0.5, 0.6) is 5.75 Å². The van der Waals surface area contributed by atoms with E-state index < -0.39 is 23.3 Å². The Balaban J connectivity index is 2.42. The summed E-state index contributed by atoms with van der Waals surface area (Å²) < 4.78 is 5.44. The highest BCUT2D eigenvalue weighted by Crippen LogP contribution is 2.33. The van der Waals surface area contributed by atoms with Crippen LogP contribution in [-0.4, -0.2) is 21.3 Å². The summed E-state index contributed by atoms with van der Waals surface area (Å²) in [5, 5.41) is 28.3. The van der Waals surface area contributed by atoms with Gasteiger partial charge in [0.2, 0.25) is 5.43 Å². The molecule has 1 atom stereocenters. The zero-order valence-corrected chi connectivity index (χ0v) is 9.71. The molecule has 0 fully saturated rings. The van der Waals surface area contributed by atoms with Crippen molar-refractivity contribution >= 4 is 16.9 Å². The Morgan fingerprint density at radius 2 is 2.11 bits per heavy atom. The van der Waals surface area contributed by atoms with E-state index in [4.69, 9.17) is 9.52 Å². The lowest BCUT2D eigenvalue weighted by molar-refractivity contribution is 0.0696. The number of benzene rings is 1. The Morgan fingerprint density at radius 1 is 1.37 bits per heavy atom.